The second kappa shape index (κ2) is 7.30. The minimum atomic E-state index is -0.347. The molecule has 0 bridgehead atoms. The third-order valence-electron chi connectivity index (χ3n) is 1.95. The Morgan fingerprint density at radius 3 is 1.93 bits per heavy atom. The lowest BCUT2D eigenvalue weighted by molar-refractivity contribution is -0.136. The smallest absolute Gasteiger partial charge is 0.332 e. The monoisotopic (exact) mass is 198 g/mol. The number of carbonyl (C=O) groups is 2. The fourth-order valence-electron chi connectivity index (χ4n) is 1.12. The van der Waals surface area contributed by atoms with Crippen molar-refractivity contribution in [1.29, 1.82) is 0 Å². The maximum atomic E-state index is 10.5. The number of rotatable bonds is 1. The van der Waals surface area contributed by atoms with E-state index < -0.39 is 0 Å². The molecule has 0 aromatic carbocycles. The molecule has 1 fully saturated rings. The van der Waals surface area contributed by atoms with Gasteiger partial charge < -0.3 is 4.74 Å². The van der Waals surface area contributed by atoms with E-state index in [1.54, 1.807) is 6.92 Å². The zero-order chi connectivity index (χ0) is 11.0. The molecular formula is C11H18O3. The van der Waals surface area contributed by atoms with Crippen LogP contribution in [0.1, 0.15) is 39.0 Å². The van der Waals surface area contributed by atoms with E-state index in [4.69, 9.17) is 0 Å². The first kappa shape index (κ1) is 12.9. The molecule has 0 radical (unpaired) electrons. The zero-order valence-corrected chi connectivity index (χ0v) is 8.97. The highest BCUT2D eigenvalue weighted by molar-refractivity contribution is 5.86. The lowest BCUT2D eigenvalue weighted by Gasteiger charge is -2.05. The lowest BCUT2D eigenvalue weighted by atomic mass is 10.00. The Morgan fingerprint density at radius 1 is 1.29 bits per heavy atom. The summed E-state index contributed by atoms with van der Waals surface area (Å²) in [6.07, 6.45) is 5.24. The number of hydrogen-bond acceptors (Lipinski definition) is 3. The molecular weight excluding hydrogens is 180 g/mol. The van der Waals surface area contributed by atoms with E-state index in [0.29, 0.717) is 11.4 Å². The van der Waals surface area contributed by atoms with Crippen molar-refractivity contribution in [1.82, 2.24) is 0 Å². The highest BCUT2D eigenvalue weighted by Crippen LogP contribution is 2.12. The predicted molar refractivity (Wildman–Crippen MR) is 54.9 cm³/mol. The van der Waals surface area contributed by atoms with Crippen LogP contribution in [0.3, 0.4) is 0 Å². The first-order chi connectivity index (χ1) is 6.57. The van der Waals surface area contributed by atoms with Gasteiger partial charge in [0.2, 0.25) is 0 Å². The standard InChI is InChI=1S/C6H10O.C5H8O2/c7-6-4-2-1-3-5-6;1-4(2)5(6)7-3/h1-5H2;1H2,2-3H3. The van der Waals surface area contributed by atoms with Gasteiger partial charge in [0.25, 0.3) is 0 Å². The largest absolute Gasteiger partial charge is 0.466 e. The van der Waals surface area contributed by atoms with Crippen LogP contribution in [0.2, 0.25) is 0 Å². The molecule has 0 N–H and O–H groups in total. The van der Waals surface area contributed by atoms with Gasteiger partial charge >= 0.3 is 5.97 Å². The van der Waals surface area contributed by atoms with Crippen LogP contribution in [-0.4, -0.2) is 18.9 Å². The Kier molecular flexibility index (Phi) is 6.72. The van der Waals surface area contributed by atoms with E-state index in [9.17, 15) is 9.59 Å². The van der Waals surface area contributed by atoms with Gasteiger partial charge in [0.1, 0.15) is 5.78 Å². The van der Waals surface area contributed by atoms with E-state index in [-0.39, 0.29) is 5.97 Å². The van der Waals surface area contributed by atoms with Crippen molar-refractivity contribution in [2.75, 3.05) is 7.11 Å². The van der Waals surface area contributed by atoms with E-state index in [2.05, 4.69) is 11.3 Å². The van der Waals surface area contributed by atoms with Crippen LogP contribution < -0.4 is 0 Å². The summed E-state index contributed by atoms with van der Waals surface area (Å²) in [7, 11) is 1.33. The number of methoxy groups -OCH3 is 1. The molecule has 0 unspecified atom stereocenters. The summed E-state index contributed by atoms with van der Waals surface area (Å²) in [5.41, 5.74) is 0.433. The highest BCUT2D eigenvalue weighted by atomic mass is 16.5. The molecule has 1 rings (SSSR count). The van der Waals surface area contributed by atoms with Gasteiger partial charge in [-0.2, -0.15) is 0 Å². The van der Waals surface area contributed by atoms with Gasteiger partial charge in [-0.1, -0.05) is 13.0 Å². The Labute approximate surface area is 85.1 Å². The normalized spacial score (nSPS) is 15.1. The highest BCUT2D eigenvalue weighted by Gasteiger charge is 2.05. The van der Waals surface area contributed by atoms with Crippen LogP contribution in [0.5, 0.6) is 0 Å². The summed E-state index contributed by atoms with van der Waals surface area (Å²) in [5, 5.41) is 0. The summed E-state index contributed by atoms with van der Waals surface area (Å²) in [4.78, 5) is 20.7. The van der Waals surface area contributed by atoms with Gasteiger partial charge in [0, 0.05) is 18.4 Å². The first-order valence-corrected chi connectivity index (χ1v) is 4.83. The SMILES string of the molecule is C=C(C)C(=O)OC.O=C1CCCCC1. The molecule has 3 nitrogen and oxygen atoms in total. The van der Waals surface area contributed by atoms with Crippen LogP contribution in [0, 0.1) is 0 Å². The second-order valence-electron chi connectivity index (χ2n) is 3.37. The quantitative estimate of drug-likeness (QED) is 0.479. The number of esters is 1. The van der Waals surface area contributed by atoms with Crippen molar-refractivity contribution >= 4 is 11.8 Å². The molecule has 1 aliphatic rings. The Bertz CT molecular complexity index is 211. The number of Topliss-reactive ketones (excluding diaryl/α,β-unsaturated/α-hetero) is 1. The van der Waals surface area contributed by atoms with Crippen molar-refractivity contribution in [2.24, 2.45) is 0 Å². The van der Waals surface area contributed by atoms with E-state index in [1.807, 2.05) is 0 Å². The van der Waals surface area contributed by atoms with Crippen molar-refractivity contribution in [3.05, 3.63) is 12.2 Å². The number of ether oxygens (including phenoxy) is 1. The van der Waals surface area contributed by atoms with Crippen LogP contribution >= 0.6 is 0 Å². The molecule has 0 atom stereocenters. The van der Waals surface area contributed by atoms with Gasteiger partial charge in [-0.25, -0.2) is 4.79 Å². The third-order valence-corrected chi connectivity index (χ3v) is 1.95. The Morgan fingerprint density at radius 2 is 1.79 bits per heavy atom. The molecule has 1 aliphatic carbocycles. The summed E-state index contributed by atoms with van der Waals surface area (Å²) in [6, 6.07) is 0. The average Bonchev–Trinajstić information content (AvgIpc) is 2.18. The summed E-state index contributed by atoms with van der Waals surface area (Å²) >= 11 is 0. The average molecular weight is 198 g/mol. The van der Waals surface area contributed by atoms with E-state index in [1.165, 1.54) is 13.5 Å². The molecule has 0 spiro atoms. The molecule has 80 valence electrons. The Hall–Kier alpha value is -1.12. The second-order valence-corrected chi connectivity index (χ2v) is 3.37. The third kappa shape index (κ3) is 6.40. The first-order valence-electron chi connectivity index (χ1n) is 4.83. The zero-order valence-electron chi connectivity index (χ0n) is 8.97. The maximum absolute atomic E-state index is 10.5. The van der Waals surface area contributed by atoms with Crippen LogP contribution in [-0.2, 0) is 14.3 Å². The van der Waals surface area contributed by atoms with Gasteiger partial charge in [-0.05, 0) is 19.8 Å². The summed E-state index contributed by atoms with van der Waals surface area (Å²) in [5.74, 6) is 0.117. The maximum Gasteiger partial charge on any atom is 0.332 e. The minimum absolute atomic E-state index is 0.347. The molecule has 0 aromatic rings. The van der Waals surface area contributed by atoms with Crippen molar-refractivity contribution in [2.45, 2.75) is 39.0 Å². The molecule has 3 heteroatoms. The van der Waals surface area contributed by atoms with Crippen LogP contribution in [0.4, 0.5) is 0 Å². The number of carbonyl (C=O) groups excluding carboxylic acids is 2. The summed E-state index contributed by atoms with van der Waals surface area (Å²) < 4.78 is 4.27. The van der Waals surface area contributed by atoms with Gasteiger partial charge in [-0.15, -0.1) is 0 Å². The molecule has 0 heterocycles. The van der Waals surface area contributed by atoms with Gasteiger partial charge in [0.15, 0.2) is 0 Å². The molecule has 0 amide bonds. The summed E-state index contributed by atoms with van der Waals surface area (Å²) in [6.45, 7) is 4.95. The predicted octanol–water partition coefficient (Wildman–Crippen LogP) is 2.26. The molecule has 1 saturated carbocycles. The molecule has 0 aliphatic heterocycles. The van der Waals surface area contributed by atoms with Gasteiger partial charge in [0.05, 0.1) is 7.11 Å². The molecule has 0 saturated heterocycles. The van der Waals surface area contributed by atoms with E-state index in [0.717, 1.165) is 25.7 Å². The minimum Gasteiger partial charge on any atom is -0.466 e. The fraction of sp³-hybridized carbons (Fsp3) is 0.636. The number of ketones is 1. The van der Waals surface area contributed by atoms with Crippen molar-refractivity contribution < 1.29 is 14.3 Å². The van der Waals surface area contributed by atoms with E-state index >= 15 is 0 Å². The van der Waals surface area contributed by atoms with Crippen LogP contribution in [0.15, 0.2) is 12.2 Å². The topological polar surface area (TPSA) is 43.4 Å². The Balaban J connectivity index is 0.000000241. The fourth-order valence-corrected chi connectivity index (χ4v) is 1.12. The number of hydrogen-bond donors (Lipinski definition) is 0. The van der Waals surface area contributed by atoms with Crippen molar-refractivity contribution in [3.63, 3.8) is 0 Å². The lowest BCUT2D eigenvalue weighted by Crippen LogP contribution is -2.02. The van der Waals surface area contributed by atoms with Gasteiger partial charge in [-0.3, -0.25) is 4.79 Å². The molecule has 0 aromatic heterocycles. The molecule has 14 heavy (non-hydrogen) atoms. The van der Waals surface area contributed by atoms with Crippen LogP contribution in [0.25, 0.3) is 0 Å². The van der Waals surface area contributed by atoms with Crippen molar-refractivity contribution in [3.8, 4) is 0 Å².